The molecule has 0 radical (unpaired) electrons. The van der Waals surface area contributed by atoms with Gasteiger partial charge in [0, 0.05) is 31.1 Å². The molecular formula is C19H24N6O2. The lowest BCUT2D eigenvalue weighted by atomic mass is 10.1. The maximum Gasteiger partial charge on any atom is 0.345 e. The lowest BCUT2D eigenvalue weighted by molar-refractivity contribution is 0.0933. The Balaban J connectivity index is 1.64. The van der Waals surface area contributed by atoms with Crippen LogP contribution in [0.25, 0.3) is 0 Å². The maximum absolute atomic E-state index is 12.5. The second-order valence-corrected chi connectivity index (χ2v) is 7.07. The van der Waals surface area contributed by atoms with Crippen LogP contribution in [-0.4, -0.2) is 51.8 Å². The van der Waals surface area contributed by atoms with Crippen molar-refractivity contribution in [3.63, 3.8) is 0 Å². The number of aromatic nitrogens is 3. The largest absolute Gasteiger partial charge is 0.349 e. The lowest BCUT2D eigenvalue weighted by Crippen LogP contribution is -2.36. The molecule has 1 atom stereocenters. The number of nitrogens with zero attached hydrogens (tertiary/aromatic N) is 5. The van der Waals surface area contributed by atoms with Crippen LogP contribution < -0.4 is 11.0 Å². The van der Waals surface area contributed by atoms with E-state index in [-0.39, 0.29) is 17.6 Å². The van der Waals surface area contributed by atoms with Gasteiger partial charge < -0.3 is 10.2 Å². The smallest absolute Gasteiger partial charge is 0.345 e. The SMILES string of the molecule is CN(C)CCn1nc2n(c1=O)CCC(NC(=O)c1cccc(C#N)c1)CC2. The molecule has 142 valence electrons. The van der Waals surface area contributed by atoms with Gasteiger partial charge in [0.05, 0.1) is 18.2 Å². The van der Waals surface area contributed by atoms with Crippen LogP contribution in [0.3, 0.4) is 0 Å². The Bertz CT molecular complexity index is 921. The summed E-state index contributed by atoms with van der Waals surface area (Å²) in [4.78, 5) is 27.0. The molecule has 0 bridgehead atoms. The molecule has 1 aliphatic rings. The van der Waals surface area contributed by atoms with E-state index in [4.69, 9.17) is 5.26 Å². The van der Waals surface area contributed by atoms with Crippen LogP contribution in [0, 0.1) is 11.3 Å². The van der Waals surface area contributed by atoms with Gasteiger partial charge in [-0.2, -0.15) is 10.4 Å². The summed E-state index contributed by atoms with van der Waals surface area (Å²) in [7, 11) is 3.93. The van der Waals surface area contributed by atoms with Gasteiger partial charge >= 0.3 is 5.69 Å². The summed E-state index contributed by atoms with van der Waals surface area (Å²) in [5.74, 6) is 0.585. The van der Waals surface area contributed by atoms with Crippen molar-refractivity contribution < 1.29 is 4.79 Å². The minimum absolute atomic E-state index is 0.0282. The van der Waals surface area contributed by atoms with E-state index in [1.807, 2.05) is 25.1 Å². The third-order valence-electron chi connectivity index (χ3n) is 4.77. The molecule has 1 aliphatic heterocycles. The molecule has 0 aliphatic carbocycles. The van der Waals surface area contributed by atoms with E-state index in [0.29, 0.717) is 37.1 Å². The Hall–Kier alpha value is -2.92. The quantitative estimate of drug-likeness (QED) is 0.834. The van der Waals surface area contributed by atoms with E-state index >= 15 is 0 Å². The fraction of sp³-hybridized carbons (Fsp3) is 0.474. The molecule has 8 heteroatoms. The Morgan fingerprint density at radius 3 is 2.96 bits per heavy atom. The molecule has 1 N–H and O–H groups in total. The van der Waals surface area contributed by atoms with Crippen molar-refractivity contribution in [1.82, 2.24) is 24.6 Å². The second kappa shape index (κ2) is 8.18. The average Bonchev–Trinajstić information content (AvgIpc) is 2.83. The first-order chi connectivity index (χ1) is 13.0. The van der Waals surface area contributed by atoms with Crippen LogP contribution in [0.4, 0.5) is 0 Å². The van der Waals surface area contributed by atoms with Gasteiger partial charge in [0.2, 0.25) is 0 Å². The summed E-state index contributed by atoms with van der Waals surface area (Å²) >= 11 is 0. The molecule has 1 unspecified atom stereocenters. The Labute approximate surface area is 158 Å². The first-order valence-corrected chi connectivity index (χ1v) is 9.10. The maximum atomic E-state index is 12.5. The Kier molecular flexibility index (Phi) is 5.72. The van der Waals surface area contributed by atoms with E-state index < -0.39 is 0 Å². The number of aryl methyl sites for hydroxylation is 1. The highest BCUT2D eigenvalue weighted by Crippen LogP contribution is 2.13. The molecule has 0 spiro atoms. The first-order valence-electron chi connectivity index (χ1n) is 9.10. The van der Waals surface area contributed by atoms with Crippen molar-refractivity contribution in [2.75, 3.05) is 20.6 Å². The lowest BCUT2D eigenvalue weighted by Gasteiger charge is -2.16. The third kappa shape index (κ3) is 4.44. The highest BCUT2D eigenvalue weighted by Gasteiger charge is 2.22. The van der Waals surface area contributed by atoms with Gasteiger partial charge in [-0.3, -0.25) is 9.36 Å². The predicted octanol–water partition coefficient (Wildman–Crippen LogP) is 0.613. The zero-order valence-electron chi connectivity index (χ0n) is 15.7. The first kappa shape index (κ1) is 18.9. The van der Waals surface area contributed by atoms with Crippen molar-refractivity contribution >= 4 is 5.91 Å². The molecule has 3 rings (SSSR count). The molecule has 1 aromatic heterocycles. The molecule has 1 aromatic carbocycles. The van der Waals surface area contributed by atoms with Gasteiger partial charge in [-0.05, 0) is 45.1 Å². The van der Waals surface area contributed by atoms with Gasteiger partial charge in [0.15, 0.2) is 0 Å². The number of rotatable bonds is 5. The van der Waals surface area contributed by atoms with Gasteiger partial charge in [-0.25, -0.2) is 9.48 Å². The summed E-state index contributed by atoms with van der Waals surface area (Å²) < 4.78 is 3.25. The molecular weight excluding hydrogens is 344 g/mol. The van der Waals surface area contributed by atoms with E-state index in [2.05, 4.69) is 10.4 Å². The van der Waals surface area contributed by atoms with Crippen molar-refractivity contribution in [2.45, 2.75) is 38.4 Å². The van der Waals surface area contributed by atoms with Gasteiger partial charge in [-0.15, -0.1) is 0 Å². The molecule has 27 heavy (non-hydrogen) atoms. The minimum Gasteiger partial charge on any atom is -0.349 e. The van der Waals surface area contributed by atoms with Crippen LogP contribution in [0.15, 0.2) is 29.1 Å². The van der Waals surface area contributed by atoms with E-state index in [0.717, 1.165) is 18.8 Å². The highest BCUT2D eigenvalue weighted by atomic mass is 16.2. The van der Waals surface area contributed by atoms with Gasteiger partial charge in [0.25, 0.3) is 5.91 Å². The average molecular weight is 368 g/mol. The van der Waals surface area contributed by atoms with Gasteiger partial charge in [0.1, 0.15) is 5.82 Å². The highest BCUT2D eigenvalue weighted by molar-refractivity contribution is 5.94. The summed E-state index contributed by atoms with van der Waals surface area (Å²) in [6.45, 7) is 1.87. The zero-order valence-corrected chi connectivity index (χ0v) is 15.7. The number of amides is 1. The number of fused-ring (bicyclic) bond motifs is 1. The zero-order chi connectivity index (χ0) is 19.4. The standard InChI is InChI=1S/C19H24N6O2/c1-23(2)10-11-25-19(27)24-9-8-16(6-7-17(24)22-25)21-18(26)15-5-3-4-14(12-15)13-20/h3-5,12,16H,6-11H2,1-2H3,(H,21,26). The number of nitriles is 1. The number of hydrogen-bond donors (Lipinski definition) is 1. The summed E-state index contributed by atoms with van der Waals surface area (Å²) in [5, 5.41) is 16.5. The van der Waals surface area contributed by atoms with Crippen LogP contribution in [0.1, 0.15) is 34.6 Å². The number of carbonyl (C=O) groups excluding carboxylic acids is 1. The molecule has 0 fully saturated rings. The van der Waals surface area contributed by atoms with Crippen molar-refractivity contribution in [3.05, 3.63) is 51.7 Å². The van der Waals surface area contributed by atoms with Crippen molar-refractivity contribution in [1.29, 1.82) is 5.26 Å². The summed E-state index contributed by atoms with van der Waals surface area (Å²) in [6, 6.07) is 8.66. The predicted molar refractivity (Wildman–Crippen MR) is 100 cm³/mol. The molecule has 1 amide bonds. The molecule has 0 saturated carbocycles. The minimum atomic E-state index is -0.194. The molecule has 2 heterocycles. The number of carbonyl (C=O) groups is 1. The second-order valence-electron chi connectivity index (χ2n) is 7.07. The number of benzene rings is 1. The molecule has 8 nitrogen and oxygen atoms in total. The van der Waals surface area contributed by atoms with Crippen LogP contribution in [-0.2, 0) is 19.5 Å². The van der Waals surface area contributed by atoms with Crippen molar-refractivity contribution in [3.8, 4) is 6.07 Å². The fourth-order valence-electron chi connectivity index (χ4n) is 3.21. The van der Waals surface area contributed by atoms with Crippen LogP contribution in [0.5, 0.6) is 0 Å². The Morgan fingerprint density at radius 2 is 2.22 bits per heavy atom. The number of likely N-dealkylation sites (N-methyl/N-ethyl adjacent to an activating group) is 1. The molecule has 2 aromatic rings. The van der Waals surface area contributed by atoms with Crippen LogP contribution >= 0.6 is 0 Å². The van der Waals surface area contributed by atoms with Crippen LogP contribution in [0.2, 0.25) is 0 Å². The summed E-state index contributed by atoms with van der Waals surface area (Å²) in [5.41, 5.74) is 0.851. The topological polar surface area (TPSA) is 95.9 Å². The van der Waals surface area contributed by atoms with Crippen molar-refractivity contribution in [2.24, 2.45) is 0 Å². The third-order valence-corrected chi connectivity index (χ3v) is 4.77. The molecule has 0 saturated heterocycles. The Morgan fingerprint density at radius 1 is 1.41 bits per heavy atom. The normalized spacial score (nSPS) is 16.4. The van der Waals surface area contributed by atoms with E-state index in [9.17, 15) is 9.59 Å². The number of hydrogen-bond acceptors (Lipinski definition) is 5. The monoisotopic (exact) mass is 368 g/mol. The van der Waals surface area contributed by atoms with E-state index in [1.54, 1.807) is 28.8 Å². The number of nitrogens with one attached hydrogen (secondary N) is 1. The van der Waals surface area contributed by atoms with Gasteiger partial charge in [-0.1, -0.05) is 6.07 Å². The van der Waals surface area contributed by atoms with E-state index in [1.165, 1.54) is 4.68 Å². The fourth-order valence-corrected chi connectivity index (χ4v) is 3.21. The summed E-state index contributed by atoms with van der Waals surface area (Å²) in [6.07, 6.45) is 2.05.